The van der Waals surface area contributed by atoms with Gasteiger partial charge in [-0.2, -0.15) is 0 Å². The van der Waals surface area contributed by atoms with Crippen molar-refractivity contribution in [1.29, 1.82) is 0 Å². The van der Waals surface area contributed by atoms with Crippen molar-refractivity contribution in [2.45, 2.75) is 6.42 Å². The van der Waals surface area contributed by atoms with Gasteiger partial charge in [0, 0.05) is 23.2 Å². The van der Waals surface area contributed by atoms with Crippen LogP contribution in [0.4, 0.5) is 0 Å². The van der Waals surface area contributed by atoms with E-state index in [2.05, 4.69) is 21.8 Å². The summed E-state index contributed by atoms with van der Waals surface area (Å²) in [6.07, 6.45) is 8.62. The van der Waals surface area contributed by atoms with Crippen LogP contribution in [0.2, 0.25) is 0 Å². The Kier molecular flexibility index (Phi) is 2.62. The second-order valence-electron chi connectivity index (χ2n) is 4.30. The van der Waals surface area contributed by atoms with Gasteiger partial charge in [-0.05, 0) is 36.6 Å². The number of nitrogens with zero attached hydrogens (tertiary/aromatic N) is 1. The molecule has 0 spiro atoms. The average molecular weight is 235 g/mol. The first kappa shape index (κ1) is 10.7. The summed E-state index contributed by atoms with van der Waals surface area (Å²) < 4.78 is 0. The van der Waals surface area contributed by atoms with E-state index in [0.29, 0.717) is 0 Å². The van der Waals surface area contributed by atoms with Crippen LogP contribution < -0.4 is 5.73 Å². The lowest BCUT2D eigenvalue weighted by molar-refractivity contribution is 0.840. The van der Waals surface area contributed by atoms with Crippen molar-refractivity contribution in [1.82, 2.24) is 9.97 Å². The van der Waals surface area contributed by atoms with Crippen LogP contribution in [0.1, 0.15) is 12.1 Å². The molecule has 0 bridgehead atoms. The number of hydrogen-bond donors (Lipinski definition) is 2. The molecule has 2 aromatic heterocycles. The number of hydrogen-bond acceptors (Lipinski definition) is 2. The minimum atomic E-state index is 0.247. The maximum Gasteiger partial charge on any atom is 0.138 e. The molecule has 1 atom stereocenters. The van der Waals surface area contributed by atoms with Crippen LogP contribution in [-0.4, -0.2) is 9.97 Å². The number of aromatic nitrogens is 2. The Balaban J connectivity index is 1.83. The summed E-state index contributed by atoms with van der Waals surface area (Å²) in [6, 6.07) is 5.96. The third kappa shape index (κ3) is 2.14. The van der Waals surface area contributed by atoms with Gasteiger partial charge < -0.3 is 10.7 Å². The lowest BCUT2D eigenvalue weighted by Gasteiger charge is -2.06. The summed E-state index contributed by atoms with van der Waals surface area (Å²) in [4.78, 5) is 7.44. The lowest BCUT2D eigenvalue weighted by atomic mass is 10.0. The molecule has 0 fully saturated rings. The van der Waals surface area contributed by atoms with Crippen LogP contribution >= 0.6 is 0 Å². The van der Waals surface area contributed by atoms with Crippen LogP contribution in [0.5, 0.6) is 0 Å². The predicted molar refractivity (Wildman–Crippen MR) is 72.5 cm³/mol. The quantitative estimate of drug-likeness (QED) is 0.688. The first-order valence-electron chi connectivity index (χ1n) is 5.90. The fraction of sp³-hybridized carbons (Fsp3) is 0.133. The third-order valence-corrected chi connectivity index (χ3v) is 2.91. The van der Waals surface area contributed by atoms with E-state index >= 15 is 0 Å². The highest BCUT2D eigenvalue weighted by Crippen LogP contribution is 2.14. The molecular formula is C15H13N3. The molecule has 0 saturated heterocycles. The van der Waals surface area contributed by atoms with Crippen molar-refractivity contribution in [3.63, 3.8) is 0 Å². The summed E-state index contributed by atoms with van der Waals surface area (Å²) in [5, 5.41) is 1.09. The van der Waals surface area contributed by atoms with Crippen molar-refractivity contribution in [3.8, 4) is 11.8 Å². The summed E-state index contributed by atoms with van der Waals surface area (Å²) in [6.45, 7) is 0. The Morgan fingerprint density at radius 3 is 3.17 bits per heavy atom. The average Bonchev–Trinajstić information content (AvgIpc) is 2.81. The minimum absolute atomic E-state index is 0.247. The molecule has 1 aliphatic carbocycles. The number of pyridine rings is 1. The maximum atomic E-state index is 5.67. The highest BCUT2D eigenvalue weighted by molar-refractivity contribution is 5.77. The Bertz CT molecular complexity index is 662. The zero-order chi connectivity index (χ0) is 12.4. The largest absolute Gasteiger partial charge is 0.399 e. The molecule has 88 valence electrons. The molecule has 0 aliphatic heterocycles. The Morgan fingerprint density at radius 2 is 2.39 bits per heavy atom. The minimum Gasteiger partial charge on any atom is -0.399 e. The van der Waals surface area contributed by atoms with Crippen LogP contribution in [0.25, 0.3) is 11.0 Å². The van der Waals surface area contributed by atoms with Gasteiger partial charge in [-0.15, -0.1) is 0 Å². The molecule has 1 aliphatic rings. The highest BCUT2D eigenvalue weighted by Gasteiger charge is 2.03. The smallest absolute Gasteiger partial charge is 0.138 e. The maximum absolute atomic E-state index is 5.67. The molecule has 0 radical (unpaired) electrons. The van der Waals surface area contributed by atoms with Gasteiger partial charge >= 0.3 is 0 Å². The number of nitrogens with one attached hydrogen (secondary N) is 1. The second kappa shape index (κ2) is 4.42. The Labute approximate surface area is 105 Å². The molecule has 2 aromatic rings. The van der Waals surface area contributed by atoms with Gasteiger partial charge in [0.15, 0.2) is 0 Å². The number of fused-ring (bicyclic) bond motifs is 1. The van der Waals surface area contributed by atoms with E-state index < -0.39 is 0 Å². The van der Waals surface area contributed by atoms with Crippen LogP contribution in [0.3, 0.4) is 0 Å². The monoisotopic (exact) mass is 235 g/mol. The van der Waals surface area contributed by atoms with Crippen LogP contribution in [-0.2, 0) is 0 Å². The van der Waals surface area contributed by atoms with Gasteiger partial charge in [0.1, 0.15) is 5.65 Å². The van der Waals surface area contributed by atoms with E-state index in [1.165, 1.54) is 0 Å². The zero-order valence-corrected chi connectivity index (χ0v) is 9.85. The van der Waals surface area contributed by atoms with Gasteiger partial charge in [0.25, 0.3) is 0 Å². The van der Waals surface area contributed by atoms with E-state index in [0.717, 1.165) is 28.8 Å². The normalized spacial score (nSPS) is 18.2. The van der Waals surface area contributed by atoms with E-state index in [4.69, 9.17) is 5.73 Å². The van der Waals surface area contributed by atoms with Crippen LogP contribution in [0, 0.1) is 17.8 Å². The molecule has 1 unspecified atom stereocenters. The number of nitrogens with two attached hydrogens (primary N) is 1. The summed E-state index contributed by atoms with van der Waals surface area (Å²) in [5.74, 6) is 6.62. The van der Waals surface area contributed by atoms with Crippen molar-refractivity contribution in [2.75, 3.05) is 0 Å². The van der Waals surface area contributed by atoms with Crippen molar-refractivity contribution in [2.24, 2.45) is 11.7 Å². The molecule has 18 heavy (non-hydrogen) atoms. The van der Waals surface area contributed by atoms with Crippen molar-refractivity contribution < 1.29 is 0 Å². The lowest BCUT2D eigenvalue weighted by Crippen LogP contribution is -2.02. The number of aromatic amines is 1. The number of allylic oxidation sites excluding steroid dienone is 3. The van der Waals surface area contributed by atoms with Gasteiger partial charge in [-0.1, -0.05) is 18.1 Å². The molecule has 0 aromatic carbocycles. The molecule has 3 rings (SSSR count). The SMILES string of the molecule is NC1=CCC(C#Cc2cc3cccnc3[nH]2)C=C1. The molecule has 0 saturated carbocycles. The standard InChI is InChI=1S/C15H13N3/c16-13-6-3-11(4-7-13)5-8-14-10-12-2-1-9-17-15(12)18-14/h1-3,6-7,9-11H,4,16H2,(H,17,18). The van der Waals surface area contributed by atoms with E-state index in [9.17, 15) is 0 Å². The first-order valence-corrected chi connectivity index (χ1v) is 5.90. The van der Waals surface area contributed by atoms with Crippen LogP contribution in [0.15, 0.2) is 48.3 Å². The molecule has 3 heteroatoms. The third-order valence-electron chi connectivity index (χ3n) is 2.91. The van der Waals surface area contributed by atoms with Gasteiger partial charge in [-0.25, -0.2) is 4.98 Å². The van der Waals surface area contributed by atoms with Crippen molar-refractivity contribution in [3.05, 3.63) is 54.0 Å². The number of rotatable bonds is 0. The molecule has 2 heterocycles. The summed E-state index contributed by atoms with van der Waals surface area (Å²) in [5.41, 5.74) is 8.27. The van der Waals surface area contributed by atoms with Gasteiger partial charge in [0.05, 0.1) is 5.69 Å². The zero-order valence-electron chi connectivity index (χ0n) is 9.85. The summed E-state index contributed by atoms with van der Waals surface area (Å²) in [7, 11) is 0. The molecule has 3 nitrogen and oxygen atoms in total. The predicted octanol–water partition coefficient (Wildman–Crippen LogP) is 2.33. The topological polar surface area (TPSA) is 54.7 Å². The van der Waals surface area contributed by atoms with E-state index in [1.54, 1.807) is 6.20 Å². The molecule has 0 amide bonds. The molecular weight excluding hydrogens is 222 g/mol. The molecule has 3 N–H and O–H groups in total. The number of H-pyrrole nitrogens is 1. The Morgan fingerprint density at radius 1 is 1.44 bits per heavy atom. The fourth-order valence-corrected chi connectivity index (χ4v) is 1.94. The van der Waals surface area contributed by atoms with Gasteiger partial charge in [0.2, 0.25) is 0 Å². The van der Waals surface area contributed by atoms with E-state index in [-0.39, 0.29) is 5.92 Å². The van der Waals surface area contributed by atoms with Gasteiger partial charge in [-0.3, -0.25) is 0 Å². The van der Waals surface area contributed by atoms with Crippen molar-refractivity contribution >= 4 is 11.0 Å². The fourth-order valence-electron chi connectivity index (χ4n) is 1.94. The Hall–Kier alpha value is -2.47. The second-order valence-corrected chi connectivity index (χ2v) is 4.30. The summed E-state index contributed by atoms with van der Waals surface area (Å²) >= 11 is 0. The first-order chi connectivity index (χ1) is 8.81. The van der Waals surface area contributed by atoms with E-state index in [1.807, 2.05) is 36.4 Å². The highest BCUT2D eigenvalue weighted by atomic mass is 14.8.